The average molecular weight is 319 g/mol. The Hall–Kier alpha value is -1.92. The molecule has 0 heterocycles. The molecule has 1 atom stereocenters. The molecule has 4 nitrogen and oxygen atoms in total. The first kappa shape index (κ1) is 18.1. The number of nitrogens with one attached hydrogen (secondary N) is 1. The molecule has 0 spiro atoms. The van der Waals surface area contributed by atoms with Gasteiger partial charge >= 0.3 is 6.18 Å². The molecular formula is C15H20F3NO3. The van der Waals surface area contributed by atoms with Gasteiger partial charge in [0.05, 0.1) is 13.2 Å². The zero-order chi connectivity index (χ0) is 16.9. The van der Waals surface area contributed by atoms with Crippen molar-refractivity contribution in [1.82, 2.24) is 5.32 Å². The molecule has 0 aromatic heterocycles. The number of methoxy groups -OCH3 is 1. The van der Waals surface area contributed by atoms with Crippen LogP contribution >= 0.6 is 0 Å². The number of carbonyl (C=O) groups excluding carboxylic acids is 1. The minimum Gasteiger partial charge on any atom is -0.493 e. The molecule has 0 radical (unpaired) electrons. The first-order valence-electron chi connectivity index (χ1n) is 6.82. The molecule has 0 bridgehead atoms. The second-order valence-electron chi connectivity index (χ2n) is 5.20. The van der Waals surface area contributed by atoms with E-state index < -0.39 is 12.8 Å². The highest BCUT2D eigenvalue weighted by atomic mass is 19.4. The van der Waals surface area contributed by atoms with Crippen molar-refractivity contribution < 1.29 is 27.4 Å². The van der Waals surface area contributed by atoms with Crippen LogP contribution in [-0.4, -0.2) is 25.8 Å². The van der Waals surface area contributed by atoms with E-state index in [-0.39, 0.29) is 29.4 Å². The molecular weight excluding hydrogens is 299 g/mol. The van der Waals surface area contributed by atoms with E-state index in [0.29, 0.717) is 5.56 Å². The summed E-state index contributed by atoms with van der Waals surface area (Å²) in [6, 6.07) is 4.26. The summed E-state index contributed by atoms with van der Waals surface area (Å²) in [6.45, 7) is 3.95. The predicted molar refractivity (Wildman–Crippen MR) is 75.9 cm³/mol. The first-order chi connectivity index (χ1) is 10.1. The van der Waals surface area contributed by atoms with Crippen molar-refractivity contribution >= 4 is 5.91 Å². The van der Waals surface area contributed by atoms with E-state index in [4.69, 9.17) is 9.47 Å². The Morgan fingerprint density at radius 1 is 1.23 bits per heavy atom. The molecule has 0 aliphatic rings. The molecule has 124 valence electrons. The van der Waals surface area contributed by atoms with Crippen molar-refractivity contribution in [2.75, 3.05) is 13.7 Å². The normalized spacial score (nSPS) is 12.9. The van der Waals surface area contributed by atoms with Gasteiger partial charge in [-0.3, -0.25) is 4.79 Å². The van der Waals surface area contributed by atoms with Crippen molar-refractivity contribution in [1.29, 1.82) is 0 Å². The number of halogens is 3. The van der Waals surface area contributed by atoms with E-state index >= 15 is 0 Å². The van der Waals surface area contributed by atoms with Gasteiger partial charge in [-0.15, -0.1) is 0 Å². The minimum absolute atomic E-state index is 0.00552. The molecule has 22 heavy (non-hydrogen) atoms. The van der Waals surface area contributed by atoms with Crippen LogP contribution in [0.25, 0.3) is 0 Å². The lowest BCUT2D eigenvalue weighted by Crippen LogP contribution is -2.30. The van der Waals surface area contributed by atoms with E-state index in [1.807, 2.05) is 0 Å². The number of rotatable bonds is 6. The summed E-state index contributed by atoms with van der Waals surface area (Å²) in [7, 11) is 1.34. The molecule has 0 aliphatic carbocycles. The van der Waals surface area contributed by atoms with Gasteiger partial charge in [-0.1, -0.05) is 19.9 Å². The maximum atomic E-state index is 12.2. The maximum Gasteiger partial charge on any atom is 0.422 e. The van der Waals surface area contributed by atoms with Gasteiger partial charge < -0.3 is 14.8 Å². The van der Waals surface area contributed by atoms with Gasteiger partial charge in [0, 0.05) is 5.92 Å². The molecule has 1 aromatic carbocycles. The lowest BCUT2D eigenvalue weighted by molar-refractivity contribution is -0.153. The van der Waals surface area contributed by atoms with Crippen LogP contribution in [-0.2, 0) is 4.79 Å². The van der Waals surface area contributed by atoms with E-state index in [2.05, 4.69) is 5.32 Å². The molecule has 1 rings (SSSR count). The van der Waals surface area contributed by atoms with Crippen LogP contribution in [0.1, 0.15) is 32.4 Å². The van der Waals surface area contributed by atoms with Gasteiger partial charge in [0.1, 0.15) is 0 Å². The zero-order valence-corrected chi connectivity index (χ0v) is 13.0. The number of hydrogen-bond acceptors (Lipinski definition) is 3. The van der Waals surface area contributed by atoms with Gasteiger partial charge in [0.25, 0.3) is 0 Å². The zero-order valence-electron chi connectivity index (χ0n) is 13.0. The van der Waals surface area contributed by atoms with Crippen molar-refractivity contribution in [3.63, 3.8) is 0 Å². The summed E-state index contributed by atoms with van der Waals surface area (Å²) >= 11 is 0. The number of hydrogen-bond donors (Lipinski definition) is 1. The molecule has 7 heteroatoms. The lowest BCUT2D eigenvalue weighted by Gasteiger charge is -2.18. The summed E-state index contributed by atoms with van der Waals surface area (Å²) in [5.74, 6) is -0.0686. The van der Waals surface area contributed by atoms with Gasteiger partial charge in [0.15, 0.2) is 18.1 Å². The number of alkyl halides is 3. The fraction of sp³-hybridized carbons (Fsp3) is 0.533. The Balaban J connectivity index is 2.85. The molecule has 0 fully saturated rings. The highest BCUT2D eigenvalue weighted by molar-refractivity contribution is 5.78. The van der Waals surface area contributed by atoms with Crippen molar-refractivity contribution in [2.24, 2.45) is 5.92 Å². The fourth-order valence-electron chi connectivity index (χ4n) is 1.70. The molecule has 1 N–H and O–H groups in total. The minimum atomic E-state index is -4.41. The van der Waals surface area contributed by atoms with E-state index in [9.17, 15) is 18.0 Å². The van der Waals surface area contributed by atoms with Crippen molar-refractivity contribution in [3.05, 3.63) is 23.8 Å². The van der Waals surface area contributed by atoms with Gasteiger partial charge in [-0.25, -0.2) is 0 Å². The van der Waals surface area contributed by atoms with E-state index in [1.54, 1.807) is 32.9 Å². The Morgan fingerprint density at radius 3 is 2.36 bits per heavy atom. The molecule has 0 aliphatic heterocycles. The Kier molecular flexibility index (Phi) is 6.08. The Bertz CT molecular complexity index is 515. The molecule has 1 unspecified atom stereocenters. The number of amides is 1. The Labute approximate surface area is 127 Å². The lowest BCUT2D eigenvalue weighted by atomic mass is 10.1. The molecule has 0 saturated heterocycles. The highest BCUT2D eigenvalue weighted by Crippen LogP contribution is 2.31. The smallest absolute Gasteiger partial charge is 0.422 e. The van der Waals surface area contributed by atoms with Crippen molar-refractivity contribution in [3.8, 4) is 11.5 Å². The number of carbonyl (C=O) groups is 1. The third-order valence-corrected chi connectivity index (χ3v) is 2.96. The van der Waals surface area contributed by atoms with E-state index in [1.165, 1.54) is 13.2 Å². The third kappa shape index (κ3) is 5.46. The second kappa shape index (κ2) is 7.38. The van der Waals surface area contributed by atoms with Crippen LogP contribution in [0.3, 0.4) is 0 Å². The average Bonchev–Trinajstić information content (AvgIpc) is 2.43. The number of benzene rings is 1. The van der Waals surface area contributed by atoms with Gasteiger partial charge in [0.2, 0.25) is 5.91 Å². The standard InChI is InChI=1S/C15H20F3NO3/c1-9(2)14(20)19-10(3)11-5-6-12(13(7-11)21-4)22-8-15(16,17)18/h5-7,9-10H,8H2,1-4H3,(H,19,20). The maximum absolute atomic E-state index is 12.2. The van der Waals surface area contributed by atoms with Gasteiger partial charge in [-0.2, -0.15) is 13.2 Å². The van der Waals surface area contributed by atoms with Crippen molar-refractivity contribution in [2.45, 2.75) is 33.0 Å². The van der Waals surface area contributed by atoms with Crippen LogP contribution in [0.5, 0.6) is 11.5 Å². The molecule has 0 saturated carbocycles. The quantitative estimate of drug-likeness (QED) is 0.873. The summed E-state index contributed by atoms with van der Waals surface area (Å²) in [4.78, 5) is 11.7. The SMILES string of the molecule is COc1cc(C(C)NC(=O)C(C)C)ccc1OCC(F)(F)F. The monoisotopic (exact) mass is 319 g/mol. The predicted octanol–water partition coefficient (Wildman–Crippen LogP) is 3.47. The second-order valence-corrected chi connectivity index (χ2v) is 5.20. The fourth-order valence-corrected chi connectivity index (χ4v) is 1.70. The van der Waals surface area contributed by atoms with Crippen LogP contribution in [0.4, 0.5) is 13.2 Å². The largest absolute Gasteiger partial charge is 0.493 e. The number of ether oxygens (including phenoxy) is 2. The van der Waals surface area contributed by atoms with Gasteiger partial charge in [-0.05, 0) is 24.6 Å². The topological polar surface area (TPSA) is 47.6 Å². The first-order valence-corrected chi connectivity index (χ1v) is 6.82. The summed E-state index contributed by atoms with van der Waals surface area (Å²) in [6.07, 6.45) is -4.41. The Morgan fingerprint density at radius 2 is 1.86 bits per heavy atom. The van der Waals surface area contributed by atoms with Crippen LogP contribution in [0.15, 0.2) is 18.2 Å². The molecule has 1 aromatic rings. The van der Waals surface area contributed by atoms with Crippen LogP contribution in [0.2, 0.25) is 0 Å². The summed E-state index contributed by atoms with van der Waals surface area (Å²) in [5, 5.41) is 2.81. The highest BCUT2D eigenvalue weighted by Gasteiger charge is 2.29. The summed E-state index contributed by atoms with van der Waals surface area (Å²) in [5.41, 5.74) is 0.713. The third-order valence-electron chi connectivity index (χ3n) is 2.96. The van der Waals surface area contributed by atoms with Crippen LogP contribution < -0.4 is 14.8 Å². The molecule has 1 amide bonds. The van der Waals surface area contributed by atoms with E-state index in [0.717, 1.165) is 0 Å². The summed E-state index contributed by atoms with van der Waals surface area (Å²) < 4.78 is 46.3. The van der Waals surface area contributed by atoms with Crippen LogP contribution in [0, 0.1) is 5.92 Å².